The molecule has 2 aliphatic heterocycles. The lowest BCUT2D eigenvalue weighted by molar-refractivity contribution is 0.312. The normalized spacial score (nSPS) is 17.2. The first-order valence-corrected chi connectivity index (χ1v) is 9.77. The van der Waals surface area contributed by atoms with Crippen molar-refractivity contribution in [2.24, 2.45) is 4.99 Å². The van der Waals surface area contributed by atoms with E-state index in [1.807, 2.05) is 37.3 Å². The van der Waals surface area contributed by atoms with Crippen molar-refractivity contribution in [1.29, 1.82) is 0 Å². The Labute approximate surface area is 169 Å². The van der Waals surface area contributed by atoms with Gasteiger partial charge in [-0.15, -0.1) is 0 Å². The number of nitrogens with zero attached hydrogens (tertiary/aromatic N) is 6. The zero-order valence-corrected chi connectivity index (χ0v) is 16.7. The van der Waals surface area contributed by atoms with E-state index in [2.05, 4.69) is 31.9 Å². The summed E-state index contributed by atoms with van der Waals surface area (Å²) in [6.07, 6.45) is 11.5. The molecule has 0 saturated carbocycles. The van der Waals surface area contributed by atoms with E-state index < -0.39 is 0 Å². The molecule has 1 fully saturated rings. The average molecular weight is 391 g/mol. The third kappa shape index (κ3) is 4.12. The summed E-state index contributed by atoms with van der Waals surface area (Å²) in [4.78, 5) is 31.2. The minimum absolute atomic E-state index is 0.198. The summed E-state index contributed by atoms with van der Waals surface area (Å²) in [7, 11) is 2.13. The van der Waals surface area contributed by atoms with Gasteiger partial charge in [0.2, 0.25) is 0 Å². The van der Waals surface area contributed by atoms with Crippen LogP contribution < -0.4 is 10.5 Å². The van der Waals surface area contributed by atoms with Crippen LogP contribution in [0.2, 0.25) is 0 Å². The van der Waals surface area contributed by atoms with Gasteiger partial charge in [-0.1, -0.05) is 12.2 Å². The molecule has 1 saturated heterocycles. The molecule has 0 aliphatic carbocycles. The third-order valence-corrected chi connectivity index (χ3v) is 5.09. The number of nitrogens with one attached hydrogen (secondary N) is 1. The number of hydrogen-bond acceptors (Lipinski definition) is 6. The number of aliphatic imine (C=N–C) groups is 1. The van der Waals surface area contributed by atoms with Gasteiger partial charge in [0.1, 0.15) is 5.82 Å². The quantitative estimate of drug-likeness (QED) is 0.848. The molecule has 0 aromatic carbocycles. The van der Waals surface area contributed by atoms with E-state index in [-0.39, 0.29) is 5.56 Å². The maximum atomic E-state index is 13.0. The van der Waals surface area contributed by atoms with E-state index in [9.17, 15) is 4.79 Å². The maximum absolute atomic E-state index is 13.0. The molecule has 1 N–H and O–H groups in total. The van der Waals surface area contributed by atoms with Gasteiger partial charge in [0, 0.05) is 51.2 Å². The summed E-state index contributed by atoms with van der Waals surface area (Å²) in [5.41, 5.74) is 1.19. The topological polar surface area (TPSA) is 82.4 Å². The van der Waals surface area contributed by atoms with Crippen LogP contribution in [0.5, 0.6) is 0 Å². The molecule has 2 aromatic rings. The van der Waals surface area contributed by atoms with Crippen LogP contribution in [0.4, 0.5) is 5.82 Å². The van der Waals surface area contributed by atoms with Gasteiger partial charge >= 0.3 is 0 Å². The highest BCUT2D eigenvalue weighted by Crippen LogP contribution is 2.16. The van der Waals surface area contributed by atoms with Crippen LogP contribution in [0.3, 0.4) is 0 Å². The Bertz CT molecular complexity index is 1100. The molecule has 0 spiro atoms. The standard InChI is InChI=1S/C21H25N7O/c1-16-20-17(21(29)28(25-20)18-7-4-3-5-10-23-18)15-22-9-6-8-19(24-16)27-13-11-26(2)12-14-27/h3-4,6-10,15,25H,5,11-14H2,1-2H3. The molecule has 8 nitrogen and oxygen atoms in total. The van der Waals surface area contributed by atoms with Crippen LogP contribution in [-0.2, 0) is 0 Å². The first-order valence-electron chi connectivity index (χ1n) is 9.77. The maximum Gasteiger partial charge on any atom is 0.282 e. The lowest BCUT2D eigenvalue weighted by Gasteiger charge is -2.33. The Hall–Kier alpha value is -3.26. The molecule has 150 valence electrons. The molecule has 0 radical (unpaired) electrons. The molecular formula is C21H25N7O. The van der Waals surface area contributed by atoms with Crippen molar-refractivity contribution in [1.82, 2.24) is 24.6 Å². The molecule has 4 heterocycles. The van der Waals surface area contributed by atoms with Crippen molar-refractivity contribution >= 4 is 28.8 Å². The highest BCUT2D eigenvalue weighted by Gasteiger charge is 2.16. The van der Waals surface area contributed by atoms with E-state index in [0.717, 1.165) is 44.1 Å². The Morgan fingerprint density at radius 1 is 1.17 bits per heavy atom. The first kappa shape index (κ1) is 19.1. The Morgan fingerprint density at radius 3 is 2.83 bits per heavy atom. The van der Waals surface area contributed by atoms with Crippen LogP contribution in [0, 0.1) is 6.92 Å². The van der Waals surface area contributed by atoms with Crippen LogP contribution in [0.1, 0.15) is 12.1 Å². The summed E-state index contributed by atoms with van der Waals surface area (Å²) < 4.78 is 1.45. The SMILES string of the molecule is Cc1nc(N2CCN(C)CC2)cccncc2c(=O)n(C3=CC=CCC=N3)[nH]c12. The number of H-pyrrole nitrogens is 1. The van der Waals surface area contributed by atoms with Crippen LogP contribution >= 0.6 is 0 Å². The van der Waals surface area contributed by atoms with Crippen LogP contribution in [0.25, 0.3) is 16.7 Å². The number of piperazine rings is 1. The second-order valence-electron chi connectivity index (χ2n) is 7.17. The second kappa shape index (κ2) is 8.40. The highest BCUT2D eigenvalue weighted by atomic mass is 16.1. The number of anilines is 1. The number of aromatic nitrogens is 4. The Morgan fingerprint density at radius 2 is 2.00 bits per heavy atom. The molecule has 2 aromatic heterocycles. The molecule has 8 heteroatoms. The summed E-state index contributed by atoms with van der Waals surface area (Å²) in [6.45, 7) is 5.72. The predicted molar refractivity (Wildman–Crippen MR) is 117 cm³/mol. The number of allylic oxidation sites excluding steroid dienone is 3. The molecule has 0 unspecified atom stereocenters. The minimum Gasteiger partial charge on any atom is -0.354 e. The third-order valence-electron chi connectivity index (χ3n) is 5.09. The predicted octanol–water partition coefficient (Wildman–Crippen LogP) is 2.13. The molecule has 2 aliphatic rings. The zero-order chi connectivity index (χ0) is 20.2. The van der Waals surface area contributed by atoms with Crippen molar-refractivity contribution in [2.45, 2.75) is 13.3 Å². The Kier molecular flexibility index (Phi) is 5.53. The zero-order valence-electron chi connectivity index (χ0n) is 16.7. The minimum atomic E-state index is -0.198. The average Bonchev–Trinajstić information content (AvgIpc) is 2.88. The van der Waals surface area contributed by atoms with Gasteiger partial charge in [-0.05, 0) is 32.2 Å². The molecular weight excluding hydrogens is 366 g/mol. The number of hydrogen-bond donors (Lipinski definition) is 1. The van der Waals surface area contributed by atoms with Crippen LogP contribution in [-0.4, -0.2) is 64.1 Å². The van der Waals surface area contributed by atoms with E-state index in [1.165, 1.54) is 4.68 Å². The first-order chi connectivity index (χ1) is 14.1. The van der Waals surface area contributed by atoms with Gasteiger partial charge in [-0.25, -0.2) is 14.7 Å². The largest absolute Gasteiger partial charge is 0.354 e. The van der Waals surface area contributed by atoms with Crippen LogP contribution in [0.15, 0.2) is 52.5 Å². The van der Waals surface area contributed by atoms with Crippen molar-refractivity contribution in [3.05, 3.63) is 58.8 Å². The Balaban J connectivity index is 1.87. The van der Waals surface area contributed by atoms with Gasteiger partial charge in [0.15, 0.2) is 5.82 Å². The van der Waals surface area contributed by atoms with Gasteiger partial charge in [-0.2, -0.15) is 0 Å². The number of likely N-dealkylation sites (N-methyl/N-ethyl adjacent to an activating group) is 1. The van der Waals surface area contributed by atoms with E-state index >= 15 is 0 Å². The fraction of sp³-hybridized carbons (Fsp3) is 0.333. The summed E-state index contributed by atoms with van der Waals surface area (Å²) in [6, 6.07) is 3.83. The molecule has 0 atom stereocenters. The van der Waals surface area contributed by atoms with E-state index in [1.54, 1.807) is 18.6 Å². The van der Waals surface area contributed by atoms with Crippen molar-refractivity contribution in [3.8, 4) is 0 Å². The van der Waals surface area contributed by atoms with Gasteiger partial charge < -0.3 is 9.80 Å². The molecule has 29 heavy (non-hydrogen) atoms. The lowest BCUT2D eigenvalue weighted by atomic mass is 10.3. The highest BCUT2D eigenvalue weighted by molar-refractivity contribution is 5.80. The fourth-order valence-electron chi connectivity index (χ4n) is 3.40. The van der Waals surface area contributed by atoms with Crippen molar-refractivity contribution in [2.75, 3.05) is 38.1 Å². The van der Waals surface area contributed by atoms with Crippen molar-refractivity contribution < 1.29 is 0 Å². The van der Waals surface area contributed by atoms with Gasteiger partial charge in [0.05, 0.1) is 16.6 Å². The van der Waals surface area contributed by atoms with Gasteiger partial charge in [-0.3, -0.25) is 14.9 Å². The molecule has 0 bridgehead atoms. The number of fused-ring (bicyclic) bond motifs is 1. The fourth-order valence-corrected chi connectivity index (χ4v) is 3.40. The summed E-state index contributed by atoms with van der Waals surface area (Å²) in [5.74, 6) is 1.41. The summed E-state index contributed by atoms with van der Waals surface area (Å²) in [5, 5.41) is 3.66. The molecule has 4 rings (SSSR count). The van der Waals surface area contributed by atoms with E-state index in [4.69, 9.17) is 4.98 Å². The smallest absolute Gasteiger partial charge is 0.282 e. The van der Waals surface area contributed by atoms with Crippen molar-refractivity contribution in [3.63, 3.8) is 0 Å². The number of aryl methyl sites for hydroxylation is 1. The monoisotopic (exact) mass is 391 g/mol. The molecule has 0 amide bonds. The van der Waals surface area contributed by atoms with E-state index in [0.29, 0.717) is 16.7 Å². The number of rotatable bonds is 2. The number of aromatic amines is 1. The second-order valence-corrected chi connectivity index (χ2v) is 7.17. The summed E-state index contributed by atoms with van der Waals surface area (Å²) >= 11 is 0. The van der Waals surface area contributed by atoms with Gasteiger partial charge in [0.25, 0.3) is 5.56 Å². The lowest BCUT2D eigenvalue weighted by Crippen LogP contribution is -2.44.